The Labute approximate surface area is 147 Å². The zero-order valence-corrected chi connectivity index (χ0v) is 14.1. The van der Waals surface area contributed by atoms with E-state index in [-0.39, 0.29) is 17.3 Å². The highest BCUT2D eigenvalue weighted by atomic mass is 32.2. The number of fused-ring (bicyclic) bond motifs is 1. The summed E-state index contributed by atoms with van der Waals surface area (Å²) in [4.78, 5) is 15.2. The molecule has 8 nitrogen and oxygen atoms in total. The number of nitrogens with one attached hydrogen (secondary N) is 3. The summed E-state index contributed by atoms with van der Waals surface area (Å²) in [7, 11) is -0.0321. The van der Waals surface area contributed by atoms with E-state index in [9.17, 15) is 17.4 Å². The van der Waals surface area contributed by atoms with Crippen molar-refractivity contribution in [3.05, 3.63) is 30.9 Å². The van der Waals surface area contributed by atoms with E-state index in [1.165, 1.54) is 37.9 Å². The zero-order chi connectivity index (χ0) is 18.7. The number of H-pyrrole nitrogens is 1. The standard InChI is InChI=1S/C14H13F3N6O2S/c1-18-26(24)8-2-3-10(25-5-14(15,16)17)9(4-8)23-13-11-12(20-6-19-11)21-7-22-13/h2-4,6-7,18H,5H2,1H3,(H2,19,20,21,22,23). The van der Waals surface area contributed by atoms with Gasteiger partial charge in [0, 0.05) is 0 Å². The van der Waals surface area contributed by atoms with Crippen LogP contribution < -0.4 is 14.8 Å². The van der Waals surface area contributed by atoms with E-state index < -0.39 is 23.8 Å². The minimum absolute atomic E-state index is 0.0644. The van der Waals surface area contributed by atoms with Gasteiger partial charge in [-0.1, -0.05) is 0 Å². The van der Waals surface area contributed by atoms with Crippen molar-refractivity contribution >= 4 is 33.7 Å². The number of aromatic nitrogens is 4. The molecular formula is C14H13F3N6O2S. The number of aromatic amines is 1. The first-order valence-electron chi connectivity index (χ1n) is 7.21. The van der Waals surface area contributed by atoms with Crippen LogP contribution in [-0.2, 0) is 11.0 Å². The highest BCUT2D eigenvalue weighted by molar-refractivity contribution is 7.83. The molecule has 12 heteroatoms. The fraction of sp³-hybridized carbons (Fsp3) is 0.214. The number of hydrogen-bond acceptors (Lipinski definition) is 6. The molecule has 0 saturated carbocycles. The highest BCUT2D eigenvalue weighted by Gasteiger charge is 2.29. The van der Waals surface area contributed by atoms with Crippen molar-refractivity contribution in [2.24, 2.45) is 0 Å². The molecule has 0 fully saturated rings. The average Bonchev–Trinajstić information content (AvgIpc) is 3.09. The third-order valence-electron chi connectivity index (χ3n) is 3.22. The first kappa shape index (κ1) is 18.1. The minimum Gasteiger partial charge on any atom is -0.482 e. The van der Waals surface area contributed by atoms with Crippen LogP contribution in [0.4, 0.5) is 24.7 Å². The number of nitrogens with zero attached hydrogens (tertiary/aromatic N) is 3. The second kappa shape index (κ2) is 7.25. The normalized spacial score (nSPS) is 12.9. The summed E-state index contributed by atoms with van der Waals surface area (Å²) in [5.41, 5.74) is 1.02. The SMILES string of the molecule is CNS(=O)c1ccc(OCC(F)(F)F)c(Nc2ncnc3nc[nH]c23)c1. The maximum Gasteiger partial charge on any atom is 0.422 e. The Morgan fingerprint density at radius 2 is 2.08 bits per heavy atom. The van der Waals surface area contributed by atoms with Crippen molar-refractivity contribution in [1.29, 1.82) is 0 Å². The van der Waals surface area contributed by atoms with Crippen LogP contribution in [0.3, 0.4) is 0 Å². The van der Waals surface area contributed by atoms with E-state index in [4.69, 9.17) is 4.74 Å². The van der Waals surface area contributed by atoms with E-state index in [1.807, 2.05) is 0 Å². The molecule has 2 heterocycles. The predicted molar refractivity (Wildman–Crippen MR) is 88.4 cm³/mol. The van der Waals surface area contributed by atoms with Crippen LogP contribution >= 0.6 is 0 Å². The van der Waals surface area contributed by atoms with Crippen LogP contribution in [-0.4, -0.2) is 44.0 Å². The van der Waals surface area contributed by atoms with Crippen molar-refractivity contribution < 1.29 is 22.1 Å². The molecular weight excluding hydrogens is 373 g/mol. The van der Waals surface area contributed by atoms with Crippen LogP contribution in [0.15, 0.2) is 35.7 Å². The lowest BCUT2D eigenvalue weighted by atomic mass is 10.3. The molecule has 1 aromatic carbocycles. The van der Waals surface area contributed by atoms with Gasteiger partial charge in [0.15, 0.2) is 18.1 Å². The van der Waals surface area contributed by atoms with Crippen LogP contribution in [0.25, 0.3) is 11.2 Å². The number of rotatable bonds is 6. The van der Waals surface area contributed by atoms with Crippen LogP contribution in [0.5, 0.6) is 5.75 Å². The van der Waals surface area contributed by atoms with Gasteiger partial charge >= 0.3 is 6.18 Å². The van der Waals surface area contributed by atoms with E-state index in [0.29, 0.717) is 16.1 Å². The molecule has 2 aromatic heterocycles. The van der Waals surface area contributed by atoms with Gasteiger partial charge in [0.25, 0.3) is 0 Å². The molecule has 1 unspecified atom stereocenters. The van der Waals surface area contributed by atoms with Gasteiger partial charge in [-0.25, -0.2) is 23.9 Å². The van der Waals surface area contributed by atoms with Gasteiger partial charge in [0.1, 0.15) is 28.6 Å². The zero-order valence-electron chi connectivity index (χ0n) is 13.3. The molecule has 1 atom stereocenters. The molecule has 138 valence electrons. The number of halogens is 3. The molecule has 0 aliphatic rings. The number of imidazole rings is 1. The Morgan fingerprint density at radius 1 is 1.27 bits per heavy atom. The minimum atomic E-state index is -4.49. The molecule has 0 radical (unpaired) electrons. The average molecular weight is 386 g/mol. The fourth-order valence-corrected chi connectivity index (χ4v) is 2.77. The van der Waals surface area contributed by atoms with Crippen LogP contribution in [0.2, 0.25) is 0 Å². The Kier molecular flexibility index (Phi) is 5.04. The highest BCUT2D eigenvalue weighted by Crippen LogP contribution is 2.32. The first-order chi connectivity index (χ1) is 12.4. The summed E-state index contributed by atoms with van der Waals surface area (Å²) in [6, 6.07) is 4.14. The lowest BCUT2D eigenvalue weighted by molar-refractivity contribution is -0.153. The van der Waals surface area contributed by atoms with E-state index in [0.717, 1.165) is 0 Å². The molecule has 26 heavy (non-hydrogen) atoms. The maximum atomic E-state index is 12.5. The molecule has 3 N–H and O–H groups in total. The number of anilines is 2. The second-order valence-electron chi connectivity index (χ2n) is 4.98. The number of hydrogen-bond donors (Lipinski definition) is 3. The Bertz CT molecular complexity index is 946. The Morgan fingerprint density at radius 3 is 2.81 bits per heavy atom. The molecule has 0 bridgehead atoms. The summed E-state index contributed by atoms with van der Waals surface area (Å²) in [6.07, 6.45) is -1.81. The van der Waals surface area contributed by atoms with E-state index in [1.54, 1.807) is 0 Å². The van der Waals surface area contributed by atoms with Crippen molar-refractivity contribution in [2.75, 3.05) is 19.0 Å². The molecule has 3 rings (SSSR count). The molecule has 3 aromatic rings. The second-order valence-corrected chi connectivity index (χ2v) is 6.40. The Balaban J connectivity index is 1.98. The smallest absolute Gasteiger partial charge is 0.422 e. The molecule has 0 spiro atoms. The van der Waals surface area contributed by atoms with Crippen molar-refractivity contribution in [1.82, 2.24) is 24.7 Å². The Hall–Kier alpha value is -2.73. The number of benzene rings is 1. The molecule has 0 saturated heterocycles. The molecule has 0 aliphatic carbocycles. The fourth-order valence-electron chi connectivity index (χ4n) is 2.11. The number of alkyl halides is 3. The van der Waals surface area contributed by atoms with Gasteiger partial charge in [-0.2, -0.15) is 13.2 Å². The first-order valence-corrected chi connectivity index (χ1v) is 8.36. The van der Waals surface area contributed by atoms with Crippen LogP contribution in [0.1, 0.15) is 0 Å². The predicted octanol–water partition coefficient (Wildman–Crippen LogP) is 2.28. The largest absolute Gasteiger partial charge is 0.482 e. The van der Waals surface area contributed by atoms with Crippen molar-refractivity contribution in [2.45, 2.75) is 11.1 Å². The topological polar surface area (TPSA) is 105 Å². The maximum absolute atomic E-state index is 12.5. The van der Waals surface area contributed by atoms with E-state index in [2.05, 4.69) is 30.0 Å². The molecule has 0 amide bonds. The summed E-state index contributed by atoms with van der Waals surface area (Å²) in [6.45, 7) is -1.46. The summed E-state index contributed by atoms with van der Waals surface area (Å²) < 4.78 is 56.8. The van der Waals surface area contributed by atoms with Crippen molar-refractivity contribution in [3.63, 3.8) is 0 Å². The number of ether oxygens (including phenoxy) is 1. The lowest BCUT2D eigenvalue weighted by Gasteiger charge is -2.15. The summed E-state index contributed by atoms with van der Waals surface area (Å²) in [5, 5.41) is 2.88. The van der Waals surface area contributed by atoms with Gasteiger partial charge < -0.3 is 15.0 Å². The third kappa shape index (κ3) is 4.08. The van der Waals surface area contributed by atoms with Gasteiger partial charge in [-0.15, -0.1) is 0 Å². The summed E-state index contributed by atoms with van der Waals surface area (Å²) in [5.74, 6) is 0.224. The third-order valence-corrected chi connectivity index (χ3v) is 4.27. The lowest BCUT2D eigenvalue weighted by Crippen LogP contribution is -2.19. The monoisotopic (exact) mass is 386 g/mol. The van der Waals surface area contributed by atoms with Gasteiger partial charge in [-0.05, 0) is 25.2 Å². The van der Waals surface area contributed by atoms with E-state index >= 15 is 0 Å². The van der Waals surface area contributed by atoms with Gasteiger partial charge in [-0.3, -0.25) is 0 Å². The van der Waals surface area contributed by atoms with Gasteiger partial charge in [0.2, 0.25) is 0 Å². The quantitative estimate of drug-likeness (QED) is 0.600. The van der Waals surface area contributed by atoms with Crippen LogP contribution in [0, 0.1) is 0 Å². The molecule has 0 aliphatic heterocycles. The van der Waals surface area contributed by atoms with Gasteiger partial charge in [0.05, 0.1) is 16.9 Å². The van der Waals surface area contributed by atoms with Crippen molar-refractivity contribution in [3.8, 4) is 5.75 Å². The summed E-state index contributed by atoms with van der Waals surface area (Å²) >= 11 is 0.